The molecule has 0 aliphatic carbocycles. The first-order valence-corrected chi connectivity index (χ1v) is 6.64. The van der Waals surface area contributed by atoms with Gasteiger partial charge >= 0.3 is 0 Å². The van der Waals surface area contributed by atoms with Gasteiger partial charge in [-0.15, -0.1) is 5.10 Å². The second-order valence-electron chi connectivity index (χ2n) is 3.51. The molecule has 2 heterocycles. The van der Waals surface area contributed by atoms with E-state index in [1.54, 1.807) is 10.7 Å². The molecule has 9 heteroatoms. The van der Waals surface area contributed by atoms with Gasteiger partial charge in [0, 0.05) is 12.2 Å². The zero-order valence-electron chi connectivity index (χ0n) is 9.75. The van der Waals surface area contributed by atoms with Gasteiger partial charge in [-0.05, 0) is 23.4 Å². The molecule has 0 amide bonds. The van der Waals surface area contributed by atoms with Gasteiger partial charge in [0.25, 0.3) is 0 Å². The Labute approximate surface area is 113 Å². The fraction of sp³-hybridized carbons (Fsp3) is 0.444. The van der Waals surface area contributed by atoms with Gasteiger partial charge in [-0.1, -0.05) is 23.4 Å². The van der Waals surface area contributed by atoms with Crippen LogP contribution in [0.5, 0.6) is 0 Å². The quantitative estimate of drug-likeness (QED) is 0.637. The number of aromatic nitrogens is 6. The van der Waals surface area contributed by atoms with Crippen LogP contribution in [0.2, 0.25) is 5.15 Å². The third-order valence-electron chi connectivity index (χ3n) is 2.04. The normalized spacial score (nSPS) is 10.8. The molecular formula is C9H12ClN7S. The van der Waals surface area contributed by atoms with Gasteiger partial charge in [0.15, 0.2) is 0 Å². The Kier molecular flexibility index (Phi) is 4.45. The van der Waals surface area contributed by atoms with E-state index in [4.69, 9.17) is 17.3 Å². The maximum absolute atomic E-state index is 5.87. The molecular weight excluding hydrogens is 274 g/mol. The summed E-state index contributed by atoms with van der Waals surface area (Å²) in [5, 5.41) is 12.5. The lowest BCUT2D eigenvalue weighted by Gasteiger charge is -2.03. The minimum Gasteiger partial charge on any atom is -0.329 e. The second kappa shape index (κ2) is 6.07. The van der Waals surface area contributed by atoms with Crippen LogP contribution in [0.15, 0.2) is 11.2 Å². The van der Waals surface area contributed by atoms with Crippen LogP contribution in [0.1, 0.15) is 11.5 Å². The fourth-order valence-electron chi connectivity index (χ4n) is 1.34. The fourth-order valence-corrected chi connectivity index (χ4v) is 2.36. The molecule has 0 unspecified atom stereocenters. The van der Waals surface area contributed by atoms with Crippen LogP contribution in [-0.4, -0.2) is 36.7 Å². The Balaban J connectivity index is 2.04. The highest BCUT2D eigenvalue weighted by molar-refractivity contribution is 7.98. The van der Waals surface area contributed by atoms with Crippen molar-refractivity contribution in [2.75, 3.05) is 6.54 Å². The highest BCUT2D eigenvalue weighted by Gasteiger charge is 2.08. The molecule has 0 aliphatic rings. The lowest BCUT2D eigenvalue weighted by atomic mass is 10.4. The Hall–Kier alpha value is -1.25. The summed E-state index contributed by atoms with van der Waals surface area (Å²) in [5.41, 5.74) is 6.31. The molecule has 2 N–H and O–H groups in total. The standard InChI is InChI=1S/C9H12ClN7S/c1-6-4-7(10)13-8(12-6)5-18-9-14-15-16-17(9)3-2-11/h4H,2-3,5,11H2,1H3. The van der Waals surface area contributed by atoms with Gasteiger partial charge in [0.05, 0.1) is 12.3 Å². The maximum atomic E-state index is 5.87. The van der Waals surface area contributed by atoms with Crippen LogP contribution in [0.25, 0.3) is 0 Å². The topological polar surface area (TPSA) is 95.4 Å². The third-order valence-corrected chi connectivity index (χ3v) is 3.19. The Morgan fingerprint density at radius 1 is 1.44 bits per heavy atom. The van der Waals surface area contributed by atoms with Gasteiger partial charge in [-0.2, -0.15) is 0 Å². The van der Waals surface area contributed by atoms with Crippen molar-refractivity contribution >= 4 is 23.4 Å². The minimum absolute atomic E-state index is 0.444. The number of nitrogens with zero attached hydrogens (tertiary/aromatic N) is 6. The van der Waals surface area contributed by atoms with Crippen LogP contribution in [0, 0.1) is 6.92 Å². The Bertz CT molecular complexity index is 509. The van der Waals surface area contributed by atoms with Crippen molar-refractivity contribution in [3.63, 3.8) is 0 Å². The van der Waals surface area contributed by atoms with E-state index in [1.165, 1.54) is 11.8 Å². The van der Waals surface area contributed by atoms with Gasteiger partial charge < -0.3 is 5.73 Å². The van der Waals surface area contributed by atoms with Gasteiger partial charge in [-0.25, -0.2) is 14.6 Å². The van der Waals surface area contributed by atoms with E-state index in [0.717, 1.165) is 5.69 Å². The van der Waals surface area contributed by atoms with Crippen molar-refractivity contribution in [2.24, 2.45) is 5.73 Å². The number of tetrazole rings is 1. The van der Waals surface area contributed by atoms with Crippen LogP contribution >= 0.6 is 23.4 Å². The van der Waals surface area contributed by atoms with Crippen molar-refractivity contribution in [2.45, 2.75) is 24.4 Å². The van der Waals surface area contributed by atoms with Gasteiger partial charge in [0.2, 0.25) is 5.16 Å². The first-order chi connectivity index (χ1) is 8.69. The lowest BCUT2D eigenvalue weighted by Crippen LogP contribution is -2.12. The SMILES string of the molecule is Cc1cc(Cl)nc(CSc2nnnn2CCN)n1. The predicted octanol–water partition coefficient (Wildman–Crippen LogP) is 0.676. The van der Waals surface area contributed by atoms with Crippen LogP contribution in [0.3, 0.4) is 0 Å². The molecule has 0 bridgehead atoms. The molecule has 96 valence electrons. The van der Waals surface area contributed by atoms with E-state index in [1.807, 2.05) is 6.92 Å². The number of halogens is 1. The van der Waals surface area contributed by atoms with E-state index in [9.17, 15) is 0 Å². The summed E-state index contributed by atoms with van der Waals surface area (Å²) in [4.78, 5) is 8.43. The predicted molar refractivity (Wildman–Crippen MR) is 68.2 cm³/mol. The maximum Gasteiger partial charge on any atom is 0.209 e. The Morgan fingerprint density at radius 3 is 3.00 bits per heavy atom. The zero-order chi connectivity index (χ0) is 13.0. The highest BCUT2D eigenvalue weighted by atomic mass is 35.5. The first-order valence-electron chi connectivity index (χ1n) is 5.28. The first kappa shape index (κ1) is 13.2. The summed E-state index contributed by atoms with van der Waals surface area (Å²) in [6, 6.07) is 1.72. The molecule has 2 aromatic heterocycles. The van der Waals surface area contributed by atoms with Crippen molar-refractivity contribution < 1.29 is 0 Å². The van der Waals surface area contributed by atoms with Crippen molar-refractivity contribution in [3.05, 3.63) is 22.7 Å². The lowest BCUT2D eigenvalue weighted by molar-refractivity contribution is 0.557. The summed E-state index contributed by atoms with van der Waals surface area (Å²) in [6.07, 6.45) is 0. The number of hydrogen-bond donors (Lipinski definition) is 1. The Morgan fingerprint density at radius 2 is 2.28 bits per heavy atom. The smallest absolute Gasteiger partial charge is 0.209 e. The second-order valence-corrected chi connectivity index (χ2v) is 4.84. The van der Waals surface area contributed by atoms with Crippen molar-refractivity contribution in [3.8, 4) is 0 Å². The number of hydrogen-bond acceptors (Lipinski definition) is 7. The summed E-state index contributed by atoms with van der Waals surface area (Å²) in [7, 11) is 0. The molecule has 7 nitrogen and oxygen atoms in total. The molecule has 18 heavy (non-hydrogen) atoms. The van der Waals surface area contributed by atoms with Crippen LogP contribution in [0.4, 0.5) is 0 Å². The monoisotopic (exact) mass is 285 g/mol. The van der Waals surface area contributed by atoms with E-state index in [2.05, 4.69) is 25.5 Å². The molecule has 0 saturated carbocycles. The van der Waals surface area contributed by atoms with Crippen molar-refractivity contribution in [1.29, 1.82) is 0 Å². The average Bonchev–Trinajstić information content (AvgIpc) is 2.73. The average molecular weight is 286 g/mol. The molecule has 2 aromatic rings. The molecule has 0 aliphatic heterocycles. The number of rotatable bonds is 5. The van der Waals surface area contributed by atoms with E-state index in [0.29, 0.717) is 35.0 Å². The molecule has 0 aromatic carbocycles. The van der Waals surface area contributed by atoms with Crippen LogP contribution in [-0.2, 0) is 12.3 Å². The summed E-state index contributed by atoms with van der Waals surface area (Å²) in [5.74, 6) is 1.22. The summed E-state index contributed by atoms with van der Waals surface area (Å²) >= 11 is 7.32. The van der Waals surface area contributed by atoms with Gasteiger partial charge in [0.1, 0.15) is 11.0 Å². The molecule has 2 rings (SSSR count). The number of thioether (sulfide) groups is 1. The molecule has 0 spiro atoms. The third kappa shape index (κ3) is 3.37. The van der Waals surface area contributed by atoms with Crippen LogP contribution < -0.4 is 5.73 Å². The largest absolute Gasteiger partial charge is 0.329 e. The van der Waals surface area contributed by atoms with E-state index in [-0.39, 0.29) is 0 Å². The number of nitrogens with two attached hydrogens (primary N) is 1. The molecule has 0 fully saturated rings. The highest BCUT2D eigenvalue weighted by Crippen LogP contribution is 2.18. The minimum atomic E-state index is 0.444. The van der Waals surface area contributed by atoms with Crippen molar-refractivity contribution in [1.82, 2.24) is 30.2 Å². The van der Waals surface area contributed by atoms with E-state index >= 15 is 0 Å². The summed E-state index contributed by atoms with van der Waals surface area (Å²) in [6.45, 7) is 2.95. The summed E-state index contributed by atoms with van der Waals surface area (Å²) < 4.78 is 1.65. The van der Waals surface area contributed by atoms with E-state index < -0.39 is 0 Å². The molecule has 0 atom stereocenters. The zero-order valence-corrected chi connectivity index (χ0v) is 11.3. The van der Waals surface area contributed by atoms with Gasteiger partial charge in [-0.3, -0.25) is 0 Å². The number of aryl methyl sites for hydroxylation is 1. The molecule has 0 saturated heterocycles. The molecule has 0 radical (unpaired) electrons.